The van der Waals surface area contributed by atoms with Crippen LogP contribution in [0.1, 0.15) is 53.6 Å². The molecule has 3 fully saturated rings. The van der Waals surface area contributed by atoms with Crippen LogP contribution in [0.3, 0.4) is 0 Å². The van der Waals surface area contributed by atoms with Crippen molar-refractivity contribution in [3.63, 3.8) is 0 Å². The highest BCUT2D eigenvalue weighted by Gasteiger charge is 2.39. The minimum Gasteiger partial charge on any atom is -0.369 e. The molecule has 4 aliphatic rings. The summed E-state index contributed by atoms with van der Waals surface area (Å²) in [4.78, 5) is 43.5. The normalized spacial score (nSPS) is 22.9. The Morgan fingerprint density at radius 1 is 0.875 bits per heavy atom. The fraction of sp³-hybridized carbons (Fsp3) is 0.483. The third kappa shape index (κ3) is 5.25. The summed E-state index contributed by atoms with van der Waals surface area (Å²) in [6.07, 6.45) is 3.52. The number of anilines is 1. The first-order valence-electron chi connectivity index (χ1n) is 14.1. The maximum absolute atomic E-state index is 13.1. The van der Waals surface area contributed by atoms with E-state index in [1.807, 2.05) is 36.4 Å². The number of rotatable bonds is 6. The second kappa shape index (κ2) is 10.9. The SMILES string of the molecule is O=C1CCC(N2Cc3cc(N4CCN(Cc5cccc(S(=O)(=O)N6CCCCC6)c5)CC4)ccc3C2=O)C(=O)N1. The van der Waals surface area contributed by atoms with Crippen molar-refractivity contribution < 1.29 is 22.8 Å². The third-order valence-electron chi connectivity index (χ3n) is 8.50. The Kier molecular flexibility index (Phi) is 7.37. The quantitative estimate of drug-likeness (QED) is 0.533. The molecule has 0 aliphatic carbocycles. The second-order valence-electron chi connectivity index (χ2n) is 11.1. The zero-order valence-corrected chi connectivity index (χ0v) is 23.4. The Morgan fingerprint density at radius 2 is 1.65 bits per heavy atom. The summed E-state index contributed by atoms with van der Waals surface area (Å²) in [5.74, 6) is -0.851. The average Bonchev–Trinajstić information content (AvgIpc) is 3.29. The van der Waals surface area contributed by atoms with Crippen LogP contribution in [0, 0.1) is 0 Å². The van der Waals surface area contributed by atoms with Gasteiger partial charge >= 0.3 is 0 Å². The molecule has 0 radical (unpaired) electrons. The van der Waals surface area contributed by atoms with Crippen molar-refractivity contribution in [3.8, 4) is 0 Å². The van der Waals surface area contributed by atoms with Crippen LogP contribution in [0.15, 0.2) is 47.4 Å². The van der Waals surface area contributed by atoms with E-state index in [-0.39, 0.29) is 18.2 Å². The van der Waals surface area contributed by atoms with Gasteiger partial charge in [0, 0.05) is 70.0 Å². The van der Waals surface area contributed by atoms with Gasteiger partial charge in [-0.1, -0.05) is 18.6 Å². The van der Waals surface area contributed by atoms with Crippen LogP contribution in [-0.4, -0.2) is 85.6 Å². The van der Waals surface area contributed by atoms with Gasteiger partial charge < -0.3 is 9.80 Å². The van der Waals surface area contributed by atoms with E-state index >= 15 is 0 Å². The molecule has 212 valence electrons. The maximum atomic E-state index is 13.1. The largest absolute Gasteiger partial charge is 0.369 e. The fourth-order valence-corrected chi connectivity index (χ4v) is 7.83. The molecular weight excluding hydrogens is 530 g/mol. The molecule has 3 saturated heterocycles. The number of hydrogen-bond donors (Lipinski definition) is 1. The van der Waals surface area contributed by atoms with Gasteiger partial charge in [0.05, 0.1) is 4.90 Å². The highest BCUT2D eigenvalue weighted by Crippen LogP contribution is 2.31. The molecule has 40 heavy (non-hydrogen) atoms. The van der Waals surface area contributed by atoms with Gasteiger partial charge in [-0.3, -0.25) is 24.6 Å². The summed E-state index contributed by atoms with van der Waals surface area (Å²) >= 11 is 0. The third-order valence-corrected chi connectivity index (χ3v) is 10.4. The van der Waals surface area contributed by atoms with Crippen LogP contribution in [-0.2, 0) is 32.7 Å². The summed E-state index contributed by atoms with van der Waals surface area (Å²) in [7, 11) is -3.45. The predicted octanol–water partition coefficient (Wildman–Crippen LogP) is 1.94. The molecule has 1 atom stereocenters. The van der Waals surface area contributed by atoms with E-state index in [2.05, 4.69) is 15.1 Å². The molecule has 0 spiro atoms. The van der Waals surface area contributed by atoms with Crippen LogP contribution in [0.5, 0.6) is 0 Å². The van der Waals surface area contributed by atoms with E-state index in [0.717, 1.165) is 62.3 Å². The smallest absolute Gasteiger partial charge is 0.255 e. The lowest BCUT2D eigenvalue weighted by molar-refractivity contribution is -0.136. The topological polar surface area (TPSA) is 110 Å². The van der Waals surface area contributed by atoms with E-state index < -0.39 is 22.0 Å². The van der Waals surface area contributed by atoms with Gasteiger partial charge in [0.2, 0.25) is 21.8 Å². The van der Waals surface area contributed by atoms with Crippen molar-refractivity contribution in [1.82, 2.24) is 19.4 Å². The van der Waals surface area contributed by atoms with E-state index in [4.69, 9.17) is 0 Å². The average molecular weight is 566 g/mol. The highest BCUT2D eigenvalue weighted by atomic mass is 32.2. The lowest BCUT2D eigenvalue weighted by Gasteiger charge is -2.36. The molecule has 1 N–H and O–H groups in total. The fourth-order valence-electron chi connectivity index (χ4n) is 6.24. The van der Waals surface area contributed by atoms with Crippen molar-refractivity contribution in [3.05, 3.63) is 59.2 Å². The molecule has 2 aromatic rings. The lowest BCUT2D eigenvalue weighted by Crippen LogP contribution is -2.52. The first-order chi connectivity index (χ1) is 19.3. The van der Waals surface area contributed by atoms with Crippen LogP contribution in [0.2, 0.25) is 0 Å². The van der Waals surface area contributed by atoms with Gasteiger partial charge in [-0.25, -0.2) is 8.42 Å². The Balaban J connectivity index is 1.07. The number of carbonyl (C=O) groups is 3. The molecule has 3 amide bonds. The monoisotopic (exact) mass is 565 g/mol. The summed E-state index contributed by atoms with van der Waals surface area (Å²) in [6.45, 7) is 5.55. The molecule has 10 nitrogen and oxygen atoms in total. The van der Waals surface area contributed by atoms with E-state index in [0.29, 0.717) is 43.1 Å². The molecule has 1 unspecified atom stereocenters. The van der Waals surface area contributed by atoms with Crippen molar-refractivity contribution in [2.24, 2.45) is 0 Å². The molecule has 11 heteroatoms. The van der Waals surface area contributed by atoms with Gasteiger partial charge in [0.1, 0.15) is 6.04 Å². The Hall–Kier alpha value is -3.28. The zero-order valence-electron chi connectivity index (χ0n) is 22.5. The summed E-state index contributed by atoms with van der Waals surface area (Å²) in [5, 5.41) is 2.35. The predicted molar refractivity (Wildman–Crippen MR) is 149 cm³/mol. The molecule has 4 aliphatic heterocycles. The number of nitrogens with one attached hydrogen (secondary N) is 1. The molecule has 6 rings (SSSR count). The van der Waals surface area contributed by atoms with Crippen molar-refractivity contribution >= 4 is 33.4 Å². The Morgan fingerprint density at radius 3 is 2.40 bits per heavy atom. The van der Waals surface area contributed by atoms with E-state index in [1.165, 1.54) is 0 Å². The second-order valence-corrected chi connectivity index (χ2v) is 13.1. The van der Waals surface area contributed by atoms with E-state index in [9.17, 15) is 22.8 Å². The number of amides is 3. The molecular formula is C29H35N5O5S. The number of piperazine rings is 1. The van der Waals surface area contributed by atoms with Crippen LogP contribution in [0.4, 0.5) is 5.69 Å². The molecule has 2 aromatic carbocycles. The van der Waals surface area contributed by atoms with Crippen LogP contribution >= 0.6 is 0 Å². The van der Waals surface area contributed by atoms with E-state index in [1.54, 1.807) is 15.3 Å². The van der Waals surface area contributed by atoms with Crippen molar-refractivity contribution in [2.45, 2.75) is 56.1 Å². The Labute approximate surface area is 235 Å². The molecule has 0 saturated carbocycles. The van der Waals surface area contributed by atoms with Gasteiger partial charge in [-0.15, -0.1) is 0 Å². The van der Waals surface area contributed by atoms with Crippen molar-refractivity contribution in [2.75, 3.05) is 44.2 Å². The number of benzene rings is 2. The first-order valence-corrected chi connectivity index (χ1v) is 15.6. The molecule has 4 heterocycles. The highest BCUT2D eigenvalue weighted by molar-refractivity contribution is 7.89. The minimum atomic E-state index is -3.45. The first kappa shape index (κ1) is 26.9. The van der Waals surface area contributed by atoms with Crippen LogP contribution < -0.4 is 10.2 Å². The van der Waals surface area contributed by atoms with Gasteiger partial charge in [0.25, 0.3) is 5.91 Å². The van der Waals surface area contributed by atoms with Gasteiger partial charge in [0.15, 0.2) is 0 Å². The number of nitrogens with zero attached hydrogens (tertiary/aromatic N) is 4. The minimum absolute atomic E-state index is 0.162. The number of fused-ring (bicyclic) bond motifs is 1. The lowest BCUT2D eigenvalue weighted by atomic mass is 10.0. The van der Waals surface area contributed by atoms with Gasteiger partial charge in [-0.05, 0) is 60.7 Å². The summed E-state index contributed by atoms with van der Waals surface area (Å²) < 4.78 is 27.9. The Bertz CT molecular complexity index is 1430. The number of carbonyl (C=O) groups excluding carboxylic acids is 3. The summed E-state index contributed by atoms with van der Waals surface area (Å²) in [5.41, 5.74) is 3.56. The maximum Gasteiger partial charge on any atom is 0.255 e. The number of piperidine rings is 2. The zero-order chi connectivity index (χ0) is 27.9. The number of imide groups is 1. The standard InChI is InChI=1S/C29H35N5O5S/c35-27-10-9-26(28(36)30-27)34-20-22-18-23(7-8-25(22)29(34)37)32-15-13-31(14-16-32)19-21-5-4-6-24(17-21)40(38,39)33-11-2-1-3-12-33/h4-8,17-18,26H,1-3,9-16,19-20H2,(H,30,35,36). The van der Waals surface area contributed by atoms with Crippen molar-refractivity contribution in [1.29, 1.82) is 0 Å². The van der Waals surface area contributed by atoms with Crippen LogP contribution in [0.25, 0.3) is 0 Å². The number of sulfonamides is 1. The summed E-state index contributed by atoms with van der Waals surface area (Å²) in [6, 6.07) is 12.6. The number of hydrogen-bond acceptors (Lipinski definition) is 7. The molecule has 0 bridgehead atoms. The van der Waals surface area contributed by atoms with Gasteiger partial charge in [-0.2, -0.15) is 4.31 Å². The molecule has 0 aromatic heterocycles.